The quantitative estimate of drug-likeness (QED) is 0.927. The Morgan fingerprint density at radius 2 is 1.71 bits per heavy atom. The van der Waals surface area contributed by atoms with Crippen LogP contribution in [-0.4, -0.2) is 20.6 Å². The summed E-state index contributed by atoms with van der Waals surface area (Å²) in [6.45, 7) is 0. The minimum atomic E-state index is -3.56. The van der Waals surface area contributed by atoms with Gasteiger partial charge < -0.3 is 0 Å². The fraction of sp³-hybridized carbons (Fsp3) is 0.0714. The topological polar surface area (TPSA) is 63.2 Å². The van der Waals surface area contributed by atoms with Gasteiger partial charge in [0.2, 0.25) is 10.0 Å². The van der Waals surface area contributed by atoms with Crippen molar-refractivity contribution < 1.29 is 13.2 Å². The van der Waals surface area contributed by atoms with E-state index in [1.807, 2.05) is 22.9 Å². The molecule has 1 N–H and O–H groups in total. The van der Waals surface area contributed by atoms with Gasteiger partial charge in [-0.05, 0) is 36.4 Å². The lowest BCUT2D eigenvalue weighted by atomic mass is 10.2. The summed E-state index contributed by atoms with van der Waals surface area (Å²) in [7, 11) is -3.56. The number of carbonyl (C=O) groups excluding carboxylic acids is 1. The first-order chi connectivity index (χ1) is 9.85. The summed E-state index contributed by atoms with van der Waals surface area (Å²) in [4.78, 5) is 13.5. The van der Waals surface area contributed by atoms with Crippen molar-refractivity contribution in [2.24, 2.45) is 0 Å². The fourth-order valence-corrected chi connectivity index (χ4v) is 3.10. The molecule has 0 radical (unpaired) electrons. The second-order valence-corrected chi connectivity index (χ2v) is 7.53. The van der Waals surface area contributed by atoms with Crippen LogP contribution in [0.2, 0.25) is 5.02 Å². The first-order valence-electron chi connectivity index (χ1n) is 5.90. The van der Waals surface area contributed by atoms with Crippen molar-refractivity contribution in [3.05, 3.63) is 59.1 Å². The van der Waals surface area contributed by atoms with Crippen LogP contribution in [0, 0.1) is 0 Å². The van der Waals surface area contributed by atoms with Crippen molar-refractivity contribution in [3.63, 3.8) is 0 Å². The van der Waals surface area contributed by atoms with E-state index in [0.29, 0.717) is 5.02 Å². The summed E-state index contributed by atoms with van der Waals surface area (Å²) >= 11 is 7.54. The van der Waals surface area contributed by atoms with Crippen LogP contribution in [0.3, 0.4) is 0 Å². The lowest BCUT2D eigenvalue weighted by molar-refractivity contribution is 0.0981. The maximum atomic E-state index is 11.7. The van der Waals surface area contributed by atoms with E-state index in [1.54, 1.807) is 30.3 Å². The molecule has 0 fully saturated rings. The number of halogens is 1. The lowest BCUT2D eigenvalue weighted by Crippen LogP contribution is -2.29. The third-order valence-corrected chi connectivity index (χ3v) is 4.54. The molecule has 4 nitrogen and oxygen atoms in total. The normalized spacial score (nSPS) is 11.1. The van der Waals surface area contributed by atoms with E-state index in [0.717, 1.165) is 16.0 Å². The highest BCUT2D eigenvalue weighted by Gasteiger charge is 2.11. The van der Waals surface area contributed by atoms with Gasteiger partial charge in [-0.25, -0.2) is 13.1 Å². The van der Waals surface area contributed by atoms with E-state index in [2.05, 4.69) is 0 Å². The molecule has 0 atom stereocenters. The van der Waals surface area contributed by atoms with Crippen molar-refractivity contribution >= 4 is 39.3 Å². The molecule has 2 aromatic rings. The predicted molar refractivity (Wildman–Crippen MR) is 84.3 cm³/mol. The molecule has 21 heavy (non-hydrogen) atoms. The van der Waals surface area contributed by atoms with Gasteiger partial charge in [0.1, 0.15) is 0 Å². The summed E-state index contributed by atoms with van der Waals surface area (Å²) < 4.78 is 23.9. The zero-order valence-electron chi connectivity index (χ0n) is 11.0. The van der Waals surface area contributed by atoms with Crippen molar-refractivity contribution in [3.8, 4) is 0 Å². The zero-order valence-corrected chi connectivity index (χ0v) is 13.4. The highest BCUT2D eigenvalue weighted by Crippen LogP contribution is 2.32. The number of hydrogen-bond donors (Lipinski definition) is 1. The van der Waals surface area contributed by atoms with Crippen molar-refractivity contribution in [2.45, 2.75) is 9.79 Å². The van der Waals surface area contributed by atoms with E-state index in [1.165, 1.54) is 11.8 Å². The number of benzene rings is 2. The van der Waals surface area contributed by atoms with Crippen molar-refractivity contribution in [1.82, 2.24) is 4.72 Å². The molecule has 0 saturated carbocycles. The van der Waals surface area contributed by atoms with Crippen LogP contribution < -0.4 is 4.72 Å². The summed E-state index contributed by atoms with van der Waals surface area (Å²) in [6, 6.07) is 14.1. The summed E-state index contributed by atoms with van der Waals surface area (Å²) in [5.41, 5.74) is 0.281. The molecule has 0 aromatic heterocycles. The minimum absolute atomic E-state index is 0.281. The number of nitrogens with one attached hydrogen (secondary N) is 1. The van der Waals surface area contributed by atoms with Crippen molar-refractivity contribution in [2.75, 3.05) is 6.26 Å². The molecule has 0 unspecified atom stereocenters. The van der Waals surface area contributed by atoms with Gasteiger partial charge in [0.05, 0.1) is 11.3 Å². The molecular formula is C14H12ClNO3S2. The number of carbonyl (C=O) groups is 1. The Morgan fingerprint density at radius 1 is 1.10 bits per heavy atom. The smallest absolute Gasteiger partial charge is 0.264 e. The number of hydrogen-bond acceptors (Lipinski definition) is 4. The van der Waals surface area contributed by atoms with E-state index < -0.39 is 15.9 Å². The third kappa shape index (κ3) is 4.77. The zero-order chi connectivity index (χ0) is 15.5. The Balaban J connectivity index is 2.13. The summed E-state index contributed by atoms with van der Waals surface area (Å²) in [5, 5.41) is 0.654. The molecule has 0 saturated heterocycles. The average molecular weight is 342 g/mol. The first-order valence-corrected chi connectivity index (χ1v) is 8.98. The van der Waals surface area contributed by atoms with Crippen LogP contribution in [0.15, 0.2) is 58.3 Å². The van der Waals surface area contributed by atoms with E-state index in [4.69, 9.17) is 11.6 Å². The van der Waals surface area contributed by atoms with Crippen LogP contribution in [-0.2, 0) is 10.0 Å². The van der Waals surface area contributed by atoms with Gasteiger partial charge >= 0.3 is 0 Å². The first kappa shape index (κ1) is 15.9. The van der Waals surface area contributed by atoms with Gasteiger partial charge in [0, 0.05) is 15.4 Å². The number of amides is 1. The van der Waals surface area contributed by atoms with Crippen molar-refractivity contribution in [1.29, 1.82) is 0 Å². The molecule has 2 aromatic carbocycles. The minimum Gasteiger partial charge on any atom is -0.268 e. The molecule has 0 aliphatic carbocycles. The van der Waals surface area contributed by atoms with Gasteiger partial charge in [0.15, 0.2) is 0 Å². The standard InChI is InChI=1S/C14H12ClNO3S2/c1-21(18,19)16-14(17)10-6-8-11(9-7-10)20-13-5-3-2-4-12(13)15/h2-9H,1H3,(H,16,17). The highest BCUT2D eigenvalue weighted by atomic mass is 35.5. The Bertz CT molecular complexity index is 758. The maximum Gasteiger partial charge on any atom is 0.264 e. The molecule has 0 bridgehead atoms. The fourth-order valence-electron chi connectivity index (χ4n) is 1.56. The Morgan fingerprint density at radius 3 is 2.29 bits per heavy atom. The summed E-state index contributed by atoms with van der Waals surface area (Å²) in [6.07, 6.45) is 0.937. The molecule has 110 valence electrons. The van der Waals surface area contributed by atoms with Crippen LogP contribution in [0.5, 0.6) is 0 Å². The van der Waals surface area contributed by atoms with E-state index in [9.17, 15) is 13.2 Å². The van der Waals surface area contributed by atoms with Crippen LogP contribution in [0.4, 0.5) is 0 Å². The molecule has 2 rings (SSSR count). The van der Waals surface area contributed by atoms with E-state index in [-0.39, 0.29) is 5.56 Å². The predicted octanol–water partition coefficient (Wildman–Crippen LogP) is 3.18. The Labute approximate surface area is 132 Å². The monoisotopic (exact) mass is 341 g/mol. The van der Waals surface area contributed by atoms with Crippen LogP contribution in [0.1, 0.15) is 10.4 Å². The largest absolute Gasteiger partial charge is 0.268 e. The van der Waals surface area contributed by atoms with Gasteiger partial charge in [-0.2, -0.15) is 0 Å². The Kier molecular flexibility index (Phi) is 4.92. The maximum absolute atomic E-state index is 11.7. The molecule has 7 heteroatoms. The number of sulfonamides is 1. The van der Waals surface area contributed by atoms with Gasteiger partial charge in [-0.3, -0.25) is 4.79 Å². The highest BCUT2D eigenvalue weighted by molar-refractivity contribution is 7.99. The summed E-state index contributed by atoms with van der Waals surface area (Å²) in [5.74, 6) is -0.646. The molecule has 0 heterocycles. The van der Waals surface area contributed by atoms with Gasteiger partial charge in [0.25, 0.3) is 5.91 Å². The van der Waals surface area contributed by atoms with Crippen LogP contribution >= 0.6 is 23.4 Å². The molecular weight excluding hydrogens is 330 g/mol. The number of rotatable bonds is 4. The van der Waals surface area contributed by atoms with Crippen LogP contribution in [0.25, 0.3) is 0 Å². The molecule has 0 aliphatic heterocycles. The average Bonchev–Trinajstić information content (AvgIpc) is 2.40. The van der Waals surface area contributed by atoms with Gasteiger partial charge in [-0.1, -0.05) is 35.5 Å². The van der Waals surface area contributed by atoms with Gasteiger partial charge in [-0.15, -0.1) is 0 Å². The molecule has 0 aliphatic rings. The second-order valence-electron chi connectivity index (χ2n) is 4.26. The van der Waals surface area contributed by atoms with E-state index >= 15 is 0 Å². The SMILES string of the molecule is CS(=O)(=O)NC(=O)c1ccc(Sc2ccccc2Cl)cc1. The lowest BCUT2D eigenvalue weighted by Gasteiger charge is -2.06. The third-order valence-electron chi connectivity index (χ3n) is 2.46. The molecule has 0 spiro atoms. The molecule has 1 amide bonds. The second kappa shape index (κ2) is 6.51. The Hall–Kier alpha value is -1.50.